The average molecular weight is 382 g/mol. The van der Waals surface area contributed by atoms with Crippen LogP contribution in [-0.2, 0) is 20.7 Å². The van der Waals surface area contributed by atoms with Crippen LogP contribution in [-0.4, -0.2) is 67.6 Å². The highest BCUT2D eigenvalue weighted by Gasteiger charge is 2.30. The predicted octanol–water partition coefficient (Wildman–Crippen LogP) is 1.93. The van der Waals surface area contributed by atoms with Crippen LogP contribution in [0.25, 0.3) is 0 Å². The van der Waals surface area contributed by atoms with Gasteiger partial charge in [-0.1, -0.05) is 12.1 Å². The lowest BCUT2D eigenvalue weighted by Crippen LogP contribution is -2.47. The van der Waals surface area contributed by atoms with Crippen molar-refractivity contribution in [3.8, 4) is 5.75 Å². The molecule has 0 N–H and O–H groups in total. The second kappa shape index (κ2) is 9.12. The lowest BCUT2D eigenvalue weighted by atomic mass is 9.94. The molecule has 2 amide bonds. The minimum absolute atomic E-state index is 0.0187. The fraction of sp³-hybridized carbons (Fsp3) is 0.579. The molecule has 0 radical (unpaired) electrons. The Kier molecular flexibility index (Phi) is 6.60. The lowest BCUT2D eigenvalue weighted by Gasteiger charge is -2.35. The van der Waals surface area contributed by atoms with Crippen molar-refractivity contribution in [1.82, 2.24) is 9.80 Å². The summed E-state index contributed by atoms with van der Waals surface area (Å²) in [5.74, 6) is 0.191. The van der Waals surface area contributed by atoms with Crippen molar-refractivity contribution < 1.29 is 27.8 Å². The van der Waals surface area contributed by atoms with Gasteiger partial charge in [-0.25, -0.2) is 0 Å². The first kappa shape index (κ1) is 19.5. The number of benzene rings is 1. The highest BCUT2D eigenvalue weighted by Crippen LogP contribution is 2.22. The first-order chi connectivity index (χ1) is 13.0. The molecule has 0 atom stereocenters. The Bertz CT molecular complexity index is 640. The van der Waals surface area contributed by atoms with Crippen LogP contribution < -0.4 is 4.74 Å². The molecule has 6 nitrogen and oxygen atoms in total. The maximum Gasteiger partial charge on any atom is 0.387 e. The third-order valence-corrected chi connectivity index (χ3v) is 5.02. The third kappa shape index (κ3) is 5.38. The van der Waals surface area contributed by atoms with E-state index in [1.165, 1.54) is 12.1 Å². The smallest absolute Gasteiger partial charge is 0.387 e. The van der Waals surface area contributed by atoms with Gasteiger partial charge >= 0.3 is 6.61 Å². The van der Waals surface area contributed by atoms with Crippen LogP contribution in [0.1, 0.15) is 18.4 Å². The molecule has 0 unspecified atom stereocenters. The second-order valence-corrected chi connectivity index (χ2v) is 6.79. The number of ether oxygens (including phenoxy) is 2. The third-order valence-electron chi connectivity index (χ3n) is 5.02. The van der Waals surface area contributed by atoms with Gasteiger partial charge in [-0.3, -0.25) is 9.59 Å². The molecule has 0 aromatic heterocycles. The summed E-state index contributed by atoms with van der Waals surface area (Å²) in [5.41, 5.74) is 0.744. The normalized spacial score (nSPS) is 18.6. The van der Waals surface area contributed by atoms with Crippen LogP contribution in [0.5, 0.6) is 5.75 Å². The molecule has 2 saturated heterocycles. The summed E-state index contributed by atoms with van der Waals surface area (Å²) in [4.78, 5) is 28.6. The SMILES string of the molecule is O=C(Cc1ccc(OC(F)F)cc1)N1CCC(C(=O)N2CCOCC2)CC1. The summed E-state index contributed by atoms with van der Waals surface area (Å²) in [6.07, 6.45) is 1.54. The van der Waals surface area contributed by atoms with Crippen LogP contribution >= 0.6 is 0 Å². The fourth-order valence-electron chi connectivity index (χ4n) is 3.49. The number of likely N-dealkylation sites (tertiary alicyclic amines) is 1. The number of morpholine rings is 1. The van der Waals surface area contributed by atoms with Gasteiger partial charge in [-0.2, -0.15) is 8.78 Å². The maximum absolute atomic E-state index is 12.5. The standard InChI is InChI=1S/C19H24F2N2O4/c20-19(21)27-16-3-1-14(2-4-16)13-17(24)22-7-5-15(6-8-22)18(25)23-9-11-26-12-10-23/h1-4,15,19H,5-13H2. The number of hydrogen-bond acceptors (Lipinski definition) is 4. The van der Waals surface area contributed by atoms with E-state index >= 15 is 0 Å². The Balaban J connectivity index is 1.46. The van der Waals surface area contributed by atoms with Crippen LogP contribution in [0.2, 0.25) is 0 Å². The van der Waals surface area contributed by atoms with Crippen molar-refractivity contribution in [3.63, 3.8) is 0 Å². The fourth-order valence-corrected chi connectivity index (χ4v) is 3.49. The molecule has 27 heavy (non-hydrogen) atoms. The van der Waals surface area contributed by atoms with Crippen molar-refractivity contribution in [2.45, 2.75) is 25.9 Å². The number of nitrogens with zero attached hydrogens (tertiary/aromatic N) is 2. The van der Waals surface area contributed by atoms with Gasteiger partial charge in [0.2, 0.25) is 11.8 Å². The van der Waals surface area contributed by atoms with Gasteiger partial charge in [-0.05, 0) is 30.5 Å². The maximum atomic E-state index is 12.5. The number of alkyl halides is 2. The number of carbonyl (C=O) groups excluding carboxylic acids is 2. The van der Waals surface area contributed by atoms with E-state index in [2.05, 4.69) is 4.74 Å². The monoisotopic (exact) mass is 382 g/mol. The molecule has 8 heteroatoms. The van der Waals surface area contributed by atoms with Crippen LogP contribution in [0, 0.1) is 5.92 Å². The topological polar surface area (TPSA) is 59.1 Å². The Morgan fingerprint density at radius 3 is 2.26 bits per heavy atom. The highest BCUT2D eigenvalue weighted by atomic mass is 19.3. The molecule has 0 bridgehead atoms. The lowest BCUT2D eigenvalue weighted by molar-refractivity contribution is -0.143. The van der Waals surface area contributed by atoms with Gasteiger partial charge in [0.05, 0.1) is 19.6 Å². The molecule has 2 aliphatic rings. The van der Waals surface area contributed by atoms with Gasteiger partial charge in [0.1, 0.15) is 5.75 Å². The molecule has 3 rings (SSSR count). The molecule has 148 valence electrons. The van der Waals surface area contributed by atoms with E-state index in [9.17, 15) is 18.4 Å². The first-order valence-electron chi connectivity index (χ1n) is 9.21. The molecule has 0 aliphatic carbocycles. The van der Waals surface area contributed by atoms with Crippen molar-refractivity contribution in [1.29, 1.82) is 0 Å². The van der Waals surface area contributed by atoms with E-state index in [1.54, 1.807) is 17.0 Å². The average Bonchev–Trinajstić information content (AvgIpc) is 2.69. The number of hydrogen-bond donors (Lipinski definition) is 0. The molecular weight excluding hydrogens is 358 g/mol. The van der Waals surface area contributed by atoms with E-state index in [0.717, 1.165) is 5.56 Å². The van der Waals surface area contributed by atoms with E-state index in [-0.39, 0.29) is 29.9 Å². The van der Waals surface area contributed by atoms with Crippen molar-refractivity contribution in [2.75, 3.05) is 39.4 Å². The van der Waals surface area contributed by atoms with Gasteiger partial charge in [0.25, 0.3) is 0 Å². The molecule has 0 saturated carbocycles. The van der Waals surface area contributed by atoms with Crippen LogP contribution in [0.15, 0.2) is 24.3 Å². The second-order valence-electron chi connectivity index (χ2n) is 6.79. The van der Waals surface area contributed by atoms with E-state index in [4.69, 9.17) is 4.74 Å². The van der Waals surface area contributed by atoms with Crippen molar-refractivity contribution in [2.24, 2.45) is 5.92 Å². The quantitative estimate of drug-likeness (QED) is 0.781. The molecule has 2 fully saturated rings. The zero-order valence-electron chi connectivity index (χ0n) is 15.1. The summed E-state index contributed by atoms with van der Waals surface area (Å²) >= 11 is 0. The Morgan fingerprint density at radius 2 is 1.67 bits per heavy atom. The van der Waals surface area contributed by atoms with Crippen LogP contribution in [0.3, 0.4) is 0 Å². The Labute approximate surface area is 157 Å². The first-order valence-corrected chi connectivity index (χ1v) is 9.21. The summed E-state index contributed by atoms with van der Waals surface area (Å²) in [7, 11) is 0. The number of piperidine rings is 1. The number of carbonyl (C=O) groups is 2. The zero-order chi connectivity index (χ0) is 19.2. The summed E-state index contributed by atoms with van der Waals surface area (Å²) in [5, 5.41) is 0. The number of halogens is 2. The summed E-state index contributed by atoms with van der Waals surface area (Å²) in [6, 6.07) is 6.10. The number of amides is 2. The molecule has 2 heterocycles. The van der Waals surface area contributed by atoms with Crippen LogP contribution in [0.4, 0.5) is 8.78 Å². The van der Waals surface area contributed by atoms with Crippen molar-refractivity contribution in [3.05, 3.63) is 29.8 Å². The van der Waals surface area contributed by atoms with Gasteiger partial charge < -0.3 is 19.3 Å². The molecular formula is C19H24F2N2O4. The van der Waals surface area contributed by atoms with E-state index in [0.29, 0.717) is 52.2 Å². The molecule has 2 aliphatic heterocycles. The zero-order valence-corrected chi connectivity index (χ0v) is 15.1. The summed E-state index contributed by atoms with van der Waals surface area (Å²) < 4.78 is 33.9. The minimum atomic E-state index is -2.86. The molecule has 1 aromatic rings. The number of rotatable bonds is 5. The van der Waals surface area contributed by atoms with Gasteiger partial charge in [0.15, 0.2) is 0 Å². The summed E-state index contributed by atoms with van der Waals surface area (Å²) in [6.45, 7) is 0.720. The predicted molar refractivity (Wildman–Crippen MR) is 93.5 cm³/mol. The Morgan fingerprint density at radius 1 is 1.04 bits per heavy atom. The highest BCUT2D eigenvalue weighted by molar-refractivity contribution is 5.81. The van der Waals surface area contributed by atoms with Gasteiger partial charge in [0, 0.05) is 32.1 Å². The molecule has 0 spiro atoms. The Hall–Kier alpha value is -2.22. The van der Waals surface area contributed by atoms with E-state index in [1.807, 2.05) is 4.90 Å². The largest absolute Gasteiger partial charge is 0.435 e. The van der Waals surface area contributed by atoms with Crippen molar-refractivity contribution >= 4 is 11.8 Å². The molecule has 1 aromatic carbocycles. The van der Waals surface area contributed by atoms with E-state index < -0.39 is 6.61 Å². The van der Waals surface area contributed by atoms with Gasteiger partial charge in [-0.15, -0.1) is 0 Å². The minimum Gasteiger partial charge on any atom is -0.435 e.